The van der Waals surface area contributed by atoms with Crippen LogP contribution in [-0.4, -0.2) is 18.1 Å². The molecule has 0 bridgehead atoms. The summed E-state index contributed by atoms with van der Waals surface area (Å²) in [6, 6.07) is 5.53. The van der Waals surface area contributed by atoms with E-state index < -0.39 is 0 Å². The molecule has 0 radical (unpaired) electrons. The highest BCUT2D eigenvalue weighted by atomic mass is 35.5. The van der Waals surface area contributed by atoms with Gasteiger partial charge in [0.1, 0.15) is 5.76 Å². The van der Waals surface area contributed by atoms with Crippen LogP contribution in [0, 0.1) is 6.92 Å². The fourth-order valence-corrected chi connectivity index (χ4v) is 3.11. The van der Waals surface area contributed by atoms with Gasteiger partial charge in [-0.25, -0.2) is 0 Å². The predicted molar refractivity (Wildman–Crippen MR) is 86.7 cm³/mol. The molecule has 1 aromatic carbocycles. The molecule has 5 heteroatoms. The van der Waals surface area contributed by atoms with Gasteiger partial charge in [-0.15, -0.1) is 0 Å². The van der Waals surface area contributed by atoms with Crippen LogP contribution in [0.3, 0.4) is 0 Å². The Kier molecular flexibility index (Phi) is 4.21. The van der Waals surface area contributed by atoms with Gasteiger partial charge in [0.05, 0.1) is 0 Å². The summed E-state index contributed by atoms with van der Waals surface area (Å²) in [7, 11) is 1.75. The molecule has 1 aliphatic carbocycles. The maximum atomic E-state index is 12.8. The molecule has 0 aliphatic heterocycles. The second-order valence-electron chi connectivity index (χ2n) is 5.79. The summed E-state index contributed by atoms with van der Waals surface area (Å²) in [5.41, 5.74) is 3.21. The molecule has 2 aromatic rings. The molecule has 3 rings (SSSR count). The number of hydrogen-bond acceptors (Lipinski definition) is 3. The summed E-state index contributed by atoms with van der Waals surface area (Å²) in [6.45, 7) is 1.96. The number of fused-ring (bicyclic) bond motifs is 1. The van der Waals surface area contributed by atoms with E-state index in [2.05, 4.69) is 5.16 Å². The number of anilines is 1. The van der Waals surface area contributed by atoms with E-state index in [0.717, 1.165) is 48.3 Å². The fourth-order valence-electron chi connectivity index (χ4n) is 2.94. The highest BCUT2D eigenvalue weighted by Gasteiger charge is 2.26. The molecule has 116 valence electrons. The van der Waals surface area contributed by atoms with E-state index in [1.807, 2.05) is 19.1 Å². The Morgan fingerprint density at radius 1 is 1.27 bits per heavy atom. The van der Waals surface area contributed by atoms with Crippen LogP contribution in [0.2, 0.25) is 5.02 Å². The molecule has 1 aliphatic rings. The molecule has 0 saturated carbocycles. The van der Waals surface area contributed by atoms with Crippen LogP contribution in [0.4, 0.5) is 5.69 Å². The van der Waals surface area contributed by atoms with E-state index in [0.29, 0.717) is 10.7 Å². The van der Waals surface area contributed by atoms with Crippen LogP contribution in [-0.2, 0) is 12.8 Å². The van der Waals surface area contributed by atoms with E-state index in [4.69, 9.17) is 16.1 Å². The number of carbonyl (C=O) groups is 1. The lowest BCUT2D eigenvalue weighted by molar-refractivity contribution is 0.0983. The van der Waals surface area contributed by atoms with Crippen LogP contribution in [0.5, 0.6) is 0 Å². The zero-order valence-electron chi connectivity index (χ0n) is 12.9. The lowest BCUT2D eigenvalue weighted by atomic mass is 10.1. The third-order valence-corrected chi connectivity index (χ3v) is 4.48. The van der Waals surface area contributed by atoms with E-state index in [1.165, 1.54) is 6.42 Å². The van der Waals surface area contributed by atoms with Gasteiger partial charge < -0.3 is 9.42 Å². The second kappa shape index (κ2) is 6.13. The van der Waals surface area contributed by atoms with Gasteiger partial charge in [0, 0.05) is 29.7 Å². The van der Waals surface area contributed by atoms with Gasteiger partial charge in [-0.05, 0) is 43.9 Å². The smallest absolute Gasteiger partial charge is 0.280 e. The van der Waals surface area contributed by atoms with Crippen molar-refractivity contribution in [2.45, 2.75) is 39.0 Å². The fraction of sp³-hybridized carbons (Fsp3) is 0.412. The van der Waals surface area contributed by atoms with Gasteiger partial charge >= 0.3 is 0 Å². The standard InChI is InChI=1S/C17H19ClN2O2/c1-11-8-9-12(18)10-14(11)20(2)17(21)16-13-6-4-3-5-7-15(13)22-19-16/h8-10H,3-7H2,1-2H3. The predicted octanol–water partition coefficient (Wildman–Crippen LogP) is 4.18. The molecule has 0 N–H and O–H groups in total. The Hall–Kier alpha value is -1.81. The number of amides is 1. The second-order valence-corrected chi connectivity index (χ2v) is 6.22. The number of aromatic nitrogens is 1. The monoisotopic (exact) mass is 318 g/mol. The Labute approximate surface area is 135 Å². The van der Waals surface area contributed by atoms with Gasteiger partial charge in [-0.1, -0.05) is 29.2 Å². The number of hydrogen-bond donors (Lipinski definition) is 0. The van der Waals surface area contributed by atoms with Crippen molar-refractivity contribution in [3.05, 3.63) is 45.8 Å². The number of halogens is 1. The zero-order chi connectivity index (χ0) is 15.7. The maximum Gasteiger partial charge on any atom is 0.280 e. The Morgan fingerprint density at radius 3 is 2.86 bits per heavy atom. The Morgan fingerprint density at radius 2 is 2.05 bits per heavy atom. The molecule has 0 unspecified atom stereocenters. The SMILES string of the molecule is Cc1ccc(Cl)cc1N(C)C(=O)c1noc2c1CCCCC2. The summed E-state index contributed by atoms with van der Waals surface area (Å²) < 4.78 is 5.40. The lowest BCUT2D eigenvalue weighted by Gasteiger charge is -2.19. The van der Waals surface area contributed by atoms with Gasteiger partial charge in [-0.2, -0.15) is 0 Å². The summed E-state index contributed by atoms with van der Waals surface area (Å²) in [6.07, 6.45) is 5.08. The molecule has 0 saturated heterocycles. The molecule has 22 heavy (non-hydrogen) atoms. The minimum absolute atomic E-state index is 0.141. The van der Waals surface area contributed by atoms with E-state index in [1.54, 1.807) is 18.0 Å². The molecule has 1 heterocycles. The first-order valence-electron chi connectivity index (χ1n) is 7.59. The van der Waals surface area contributed by atoms with Crippen molar-refractivity contribution >= 4 is 23.2 Å². The van der Waals surface area contributed by atoms with Crippen molar-refractivity contribution in [1.29, 1.82) is 0 Å². The number of rotatable bonds is 2. The number of aryl methyl sites for hydroxylation is 2. The number of benzene rings is 1. The van der Waals surface area contributed by atoms with Gasteiger partial charge in [0.15, 0.2) is 5.69 Å². The van der Waals surface area contributed by atoms with Crippen molar-refractivity contribution in [3.8, 4) is 0 Å². The molecular weight excluding hydrogens is 300 g/mol. The van der Waals surface area contributed by atoms with E-state index in [-0.39, 0.29) is 5.91 Å². The maximum absolute atomic E-state index is 12.8. The normalized spacial score (nSPS) is 14.3. The molecule has 0 atom stereocenters. The van der Waals surface area contributed by atoms with Crippen LogP contribution >= 0.6 is 11.6 Å². The van der Waals surface area contributed by atoms with Crippen molar-refractivity contribution in [2.75, 3.05) is 11.9 Å². The first-order chi connectivity index (χ1) is 10.6. The molecule has 1 aromatic heterocycles. The van der Waals surface area contributed by atoms with E-state index >= 15 is 0 Å². The third kappa shape index (κ3) is 2.75. The van der Waals surface area contributed by atoms with Crippen molar-refractivity contribution in [2.24, 2.45) is 0 Å². The highest BCUT2D eigenvalue weighted by Crippen LogP contribution is 2.28. The quantitative estimate of drug-likeness (QED) is 0.780. The summed E-state index contributed by atoms with van der Waals surface area (Å²) in [4.78, 5) is 14.4. The number of carbonyl (C=O) groups excluding carboxylic acids is 1. The number of nitrogens with zero attached hydrogens (tertiary/aromatic N) is 2. The molecule has 1 amide bonds. The largest absolute Gasteiger partial charge is 0.360 e. The van der Waals surface area contributed by atoms with Crippen LogP contribution in [0.25, 0.3) is 0 Å². The molecular formula is C17H19ClN2O2. The topological polar surface area (TPSA) is 46.3 Å². The zero-order valence-corrected chi connectivity index (χ0v) is 13.6. The average molecular weight is 319 g/mol. The van der Waals surface area contributed by atoms with Crippen LogP contribution in [0.15, 0.2) is 22.7 Å². The molecule has 4 nitrogen and oxygen atoms in total. The first-order valence-corrected chi connectivity index (χ1v) is 7.97. The minimum Gasteiger partial charge on any atom is -0.360 e. The van der Waals surface area contributed by atoms with Crippen molar-refractivity contribution in [1.82, 2.24) is 5.16 Å². The van der Waals surface area contributed by atoms with Gasteiger partial charge in [0.2, 0.25) is 0 Å². The molecule has 0 fully saturated rings. The first kappa shape index (κ1) is 15.1. The third-order valence-electron chi connectivity index (χ3n) is 4.24. The van der Waals surface area contributed by atoms with Crippen molar-refractivity contribution < 1.29 is 9.32 Å². The highest BCUT2D eigenvalue weighted by molar-refractivity contribution is 6.31. The summed E-state index contributed by atoms with van der Waals surface area (Å²) in [5.74, 6) is 0.731. The average Bonchev–Trinajstić information content (AvgIpc) is 2.76. The summed E-state index contributed by atoms with van der Waals surface area (Å²) in [5, 5.41) is 4.65. The Balaban J connectivity index is 1.94. The Bertz CT molecular complexity index is 709. The lowest BCUT2D eigenvalue weighted by Crippen LogP contribution is -2.28. The van der Waals surface area contributed by atoms with Crippen LogP contribution < -0.4 is 4.90 Å². The van der Waals surface area contributed by atoms with Gasteiger partial charge in [0.25, 0.3) is 5.91 Å². The van der Waals surface area contributed by atoms with Gasteiger partial charge in [-0.3, -0.25) is 4.79 Å². The molecule has 0 spiro atoms. The van der Waals surface area contributed by atoms with Crippen LogP contribution in [0.1, 0.15) is 46.6 Å². The summed E-state index contributed by atoms with van der Waals surface area (Å²) >= 11 is 6.06. The van der Waals surface area contributed by atoms with E-state index in [9.17, 15) is 4.79 Å². The minimum atomic E-state index is -0.141. The van der Waals surface area contributed by atoms with Crippen molar-refractivity contribution in [3.63, 3.8) is 0 Å².